The van der Waals surface area contributed by atoms with E-state index in [9.17, 15) is 0 Å². The standard InChI is InChI=1S/C18H25N3O2/c1-3-18-19-9-15(10-20-18)11-21(12-16-5-4-8-22-16)13-17-7-6-14(2)23-17/h6-7,9-10,16H,3-5,8,11-13H2,1-2H3. The zero-order valence-electron chi connectivity index (χ0n) is 14.0. The van der Waals surface area contributed by atoms with Gasteiger partial charge in [0.25, 0.3) is 0 Å². The van der Waals surface area contributed by atoms with Gasteiger partial charge >= 0.3 is 0 Å². The number of furan rings is 1. The lowest BCUT2D eigenvalue weighted by Crippen LogP contribution is -2.31. The van der Waals surface area contributed by atoms with Crippen molar-refractivity contribution in [2.45, 2.75) is 52.3 Å². The second-order valence-corrected chi connectivity index (χ2v) is 6.18. The van der Waals surface area contributed by atoms with E-state index in [1.165, 1.54) is 0 Å². The molecule has 0 aromatic carbocycles. The summed E-state index contributed by atoms with van der Waals surface area (Å²) in [7, 11) is 0. The molecule has 0 aliphatic carbocycles. The van der Waals surface area contributed by atoms with Crippen molar-refractivity contribution in [3.8, 4) is 0 Å². The number of nitrogens with zero attached hydrogens (tertiary/aromatic N) is 3. The van der Waals surface area contributed by atoms with Gasteiger partial charge in [0.2, 0.25) is 0 Å². The summed E-state index contributed by atoms with van der Waals surface area (Å²) in [5.41, 5.74) is 1.13. The van der Waals surface area contributed by atoms with Crippen LogP contribution in [0.5, 0.6) is 0 Å². The summed E-state index contributed by atoms with van der Waals surface area (Å²) in [6.07, 6.45) is 7.35. The van der Waals surface area contributed by atoms with E-state index in [0.717, 1.165) is 68.4 Å². The maximum atomic E-state index is 5.80. The summed E-state index contributed by atoms with van der Waals surface area (Å²) in [5, 5.41) is 0. The Hall–Kier alpha value is -1.72. The zero-order chi connectivity index (χ0) is 16.1. The van der Waals surface area contributed by atoms with Crippen LogP contribution in [0.25, 0.3) is 0 Å². The minimum absolute atomic E-state index is 0.321. The molecule has 2 aromatic rings. The third kappa shape index (κ3) is 4.62. The Bertz CT molecular complexity index is 603. The molecule has 0 radical (unpaired) electrons. The molecule has 0 saturated carbocycles. The minimum Gasteiger partial charge on any atom is -0.465 e. The van der Waals surface area contributed by atoms with Crippen LogP contribution < -0.4 is 0 Å². The van der Waals surface area contributed by atoms with Crippen LogP contribution >= 0.6 is 0 Å². The highest BCUT2D eigenvalue weighted by atomic mass is 16.5. The summed E-state index contributed by atoms with van der Waals surface area (Å²) < 4.78 is 11.5. The lowest BCUT2D eigenvalue weighted by molar-refractivity contribution is 0.0653. The Morgan fingerprint density at radius 3 is 2.65 bits per heavy atom. The van der Waals surface area contributed by atoms with Gasteiger partial charge in [-0.25, -0.2) is 9.97 Å². The number of hydrogen-bond acceptors (Lipinski definition) is 5. The minimum atomic E-state index is 0.321. The van der Waals surface area contributed by atoms with Crippen LogP contribution in [-0.2, 0) is 24.2 Å². The van der Waals surface area contributed by atoms with Crippen molar-refractivity contribution in [3.63, 3.8) is 0 Å². The van der Waals surface area contributed by atoms with E-state index in [4.69, 9.17) is 9.15 Å². The topological polar surface area (TPSA) is 51.4 Å². The molecular weight excluding hydrogens is 290 g/mol. The van der Waals surface area contributed by atoms with Crippen LogP contribution in [0.4, 0.5) is 0 Å². The molecule has 0 bridgehead atoms. The fourth-order valence-electron chi connectivity index (χ4n) is 2.96. The third-order valence-corrected chi connectivity index (χ3v) is 4.14. The van der Waals surface area contributed by atoms with E-state index in [1.807, 2.05) is 25.4 Å². The van der Waals surface area contributed by atoms with Crippen LogP contribution in [0.1, 0.15) is 42.7 Å². The van der Waals surface area contributed by atoms with Crippen molar-refractivity contribution in [3.05, 3.63) is 47.4 Å². The van der Waals surface area contributed by atoms with E-state index < -0.39 is 0 Å². The number of aryl methyl sites for hydroxylation is 2. The van der Waals surface area contributed by atoms with Crippen molar-refractivity contribution in [1.29, 1.82) is 0 Å². The molecule has 1 unspecified atom stereocenters. The van der Waals surface area contributed by atoms with Gasteiger partial charge < -0.3 is 9.15 Å². The molecule has 0 spiro atoms. The van der Waals surface area contributed by atoms with Crippen LogP contribution in [0.15, 0.2) is 28.9 Å². The van der Waals surface area contributed by atoms with Crippen LogP contribution in [-0.4, -0.2) is 34.1 Å². The van der Waals surface area contributed by atoms with Gasteiger partial charge in [0.05, 0.1) is 12.6 Å². The first-order valence-corrected chi connectivity index (χ1v) is 8.42. The summed E-state index contributed by atoms with van der Waals surface area (Å²) in [4.78, 5) is 11.2. The van der Waals surface area contributed by atoms with Crippen molar-refractivity contribution in [2.24, 2.45) is 0 Å². The lowest BCUT2D eigenvalue weighted by Gasteiger charge is -2.24. The predicted molar refractivity (Wildman–Crippen MR) is 87.9 cm³/mol. The summed E-state index contributed by atoms with van der Waals surface area (Å²) in [6.45, 7) is 7.43. The van der Waals surface area contributed by atoms with E-state index >= 15 is 0 Å². The number of hydrogen-bond donors (Lipinski definition) is 0. The Labute approximate surface area is 137 Å². The second-order valence-electron chi connectivity index (χ2n) is 6.18. The average Bonchev–Trinajstić information content (AvgIpc) is 3.20. The highest BCUT2D eigenvalue weighted by Crippen LogP contribution is 2.18. The SMILES string of the molecule is CCc1ncc(CN(Cc2ccc(C)o2)CC2CCCO2)cn1. The molecule has 3 rings (SSSR count). The Morgan fingerprint density at radius 1 is 1.22 bits per heavy atom. The number of rotatable bonds is 7. The van der Waals surface area contributed by atoms with Crippen molar-refractivity contribution in [2.75, 3.05) is 13.2 Å². The van der Waals surface area contributed by atoms with Gasteiger partial charge in [-0.1, -0.05) is 6.92 Å². The molecular formula is C18H25N3O2. The molecule has 1 fully saturated rings. The van der Waals surface area contributed by atoms with Gasteiger partial charge in [-0.05, 0) is 31.9 Å². The van der Waals surface area contributed by atoms with Crippen molar-refractivity contribution < 1.29 is 9.15 Å². The van der Waals surface area contributed by atoms with E-state index in [-0.39, 0.29) is 0 Å². The summed E-state index contributed by atoms with van der Waals surface area (Å²) in [6, 6.07) is 4.06. The maximum absolute atomic E-state index is 5.80. The fraction of sp³-hybridized carbons (Fsp3) is 0.556. The first kappa shape index (κ1) is 16.1. The third-order valence-electron chi connectivity index (χ3n) is 4.14. The molecule has 124 valence electrons. The highest BCUT2D eigenvalue weighted by molar-refractivity contribution is 5.08. The molecule has 1 saturated heterocycles. The molecule has 1 atom stereocenters. The lowest BCUT2D eigenvalue weighted by atomic mass is 10.2. The van der Waals surface area contributed by atoms with Crippen LogP contribution in [0, 0.1) is 6.92 Å². The largest absolute Gasteiger partial charge is 0.465 e. The second kappa shape index (κ2) is 7.70. The molecule has 2 aromatic heterocycles. The molecule has 0 amide bonds. The monoisotopic (exact) mass is 315 g/mol. The van der Waals surface area contributed by atoms with E-state index in [0.29, 0.717) is 6.10 Å². The smallest absolute Gasteiger partial charge is 0.127 e. The van der Waals surface area contributed by atoms with Crippen molar-refractivity contribution >= 4 is 0 Å². The molecule has 23 heavy (non-hydrogen) atoms. The van der Waals surface area contributed by atoms with E-state index in [2.05, 4.69) is 27.9 Å². The van der Waals surface area contributed by atoms with Crippen molar-refractivity contribution in [1.82, 2.24) is 14.9 Å². The summed E-state index contributed by atoms with van der Waals surface area (Å²) in [5.74, 6) is 2.83. The quantitative estimate of drug-likeness (QED) is 0.786. The van der Waals surface area contributed by atoms with Gasteiger partial charge in [-0.2, -0.15) is 0 Å². The number of ether oxygens (including phenoxy) is 1. The Kier molecular flexibility index (Phi) is 5.41. The van der Waals surface area contributed by atoms with Gasteiger partial charge in [0, 0.05) is 44.1 Å². The molecule has 5 nitrogen and oxygen atoms in total. The molecule has 1 aliphatic rings. The molecule has 3 heterocycles. The predicted octanol–water partition coefficient (Wildman–Crippen LogP) is 3.12. The summed E-state index contributed by atoms with van der Waals surface area (Å²) >= 11 is 0. The molecule has 0 N–H and O–H groups in total. The first-order valence-electron chi connectivity index (χ1n) is 8.42. The first-order chi connectivity index (χ1) is 11.2. The Balaban J connectivity index is 1.67. The maximum Gasteiger partial charge on any atom is 0.127 e. The molecule has 5 heteroatoms. The van der Waals surface area contributed by atoms with E-state index in [1.54, 1.807) is 0 Å². The van der Waals surface area contributed by atoms with Gasteiger partial charge in [-0.15, -0.1) is 0 Å². The number of aromatic nitrogens is 2. The van der Waals surface area contributed by atoms with Crippen LogP contribution in [0.3, 0.4) is 0 Å². The normalized spacial score (nSPS) is 18.0. The van der Waals surface area contributed by atoms with Crippen LogP contribution in [0.2, 0.25) is 0 Å². The highest BCUT2D eigenvalue weighted by Gasteiger charge is 2.20. The van der Waals surface area contributed by atoms with Gasteiger partial charge in [-0.3, -0.25) is 4.90 Å². The molecule has 1 aliphatic heterocycles. The Morgan fingerprint density at radius 2 is 2.04 bits per heavy atom. The fourth-order valence-corrected chi connectivity index (χ4v) is 2.96. The zero-order valence-corrected chi connectivity index (χ0v) is 14.0. The van der Waals surface area contributed by atoms with Gasteiger partial charge in [0.15, 0.2) is 0 Å². The average molecular weight is 315 g/mol. The van der Waals surface area contributed by atoms with Gasteiger partial charge in [0.1, 0.15) is 17.3 Å².